The lowest BCUT2D eigenvalue weighted by molar-refractivity contribution is 0.260. The Morgan fingerprint density at radius 2 is 2.33 bits per heavy atom. The minimum atomic E-state index is 0.551. The van der Waals surface area contributed by atoms with Crippen LogP contribution in [0.4, 0.5) is 0 Å². The molecule has 1 heterocycles. The molecule has 0 aliphatic carbocycles. The molecule has 18 heavy (non-hydrogen) atoms. The molecular formula is C15H22ClNO. The zero-order valence-electron chi connectivity index (χ0n) is 11.2. The summed E-state index contributed by atoms with van der Waals surface area (Å²) in [6.45, 7) is 7.33. The second kappa shape index (κ2) is 6.44. The second-order valence-corrected chi connectivity index (χ2v) is 5.58. The Labute approximate surface area is 115 Å². The smallest absolute Gasteiger partial charge is 0.137 e. The van der Waals surface area contributed by atoms with Crippen molar-refractivity contribution in [1.29, 1.82) is 0 Å². The van der Waals surface area contributed by atoms with E-state index in [1.165, 1.54) is 12.0 Å². The summed E-state index contributed by atoms with van der Waals surface area (Å²) in [4.78, 5) is 0. The Hall–Kier alpha value is -0.730. The highest BCUT2D eigenvalue weighted by Gasteiger charge is 2.16. The summed E-state index contributed by atoms with van der Waals surface area (Å²) in [7, 11) is 0. The van der Waals surface area contributed by atoms with Gasteiger partial charge in [0.15, 0.2) is 0 Å². The van der Waals surface area contributed by atoms with E-state index < -0.39 is 0 Å². The number of benzene rings is 1. The van der Waals surface area contributed by atoms with Crippen LogP contribution in [-0.4, -0.2) is 19.7 Å². The summed E-state index contributed by atoms with van der Waals surface area (Å²) in [6.07, 6.45) is 2.33. The van der Waals surface area contributed by atoms with Gasteiger partial charge in [0.25, 0.3) is 0 Å². The molecular weight excluding hydrogens is 246 g/mol. The Bertz CT molecular complexity index is 388. The van der Waals surface area contributed by atoms with Crippen molar-refractivity contribution >= 4 is 11.6 Å². The molecule has 100 valence electrons. The molecule has 1 aromatic rings. The summed E-state index contributed by atoms with van der Waals surface area (Å²) in [5, 5.41) is 4.08. The lowest BCUT2D eigenvalue weighted by Crippen LogP contribution is -2.15. The first-order valence-corrected chi connectivity index (χ1v) is 7.21. The number of rotatable bonds is 5. The SMILES string of the molecule is CC[C@H](C)c1ccc(OC[C@@H]2CCNC2)c(Cl)c1. The Balaban J connectivity index is 1.96. The normalized spacial score (nSPS) is 20.9. The first-order valence-electron chi connectivity index (χ1n) is 6.83. The van der Waals surface area contributed by atoms with Crippen molar-refractivity contribution in [2.45, 2.75) is 32.6 Å². The summed E-state index contributed by atoms with van der Waals surface area (Å²) in [5.41, 5.74) is 1.29. The van der Waals surface area contributed by atoms with Gasteiger partial charge in [-0.15, -0.1) is 0 Å². The van der Waals surface area contributed by atoms with E-state index in [1.807, 2.05) is 12.1 Å². The van der Waals surface area contributed by atoms with E-state index in [4.69, 9.17) is 16.3 Å². The maximum Gasteiger partial charge on any atom is 0.137 e. The minimum Gasteiger partial charge on any atom is -0.492 e. The highest BCUT2D eigenvalue weighted by atomic mass is 35.5. The molecule has 1 aromatic carbocycles. The number of hydrogen-bond donors (Lipinski definition) is 1. The summed E-state index contributed by atoms with van der Waals surface area (Å²) >= 11 is 6.28. The number of hydrogen-bond acceptors (Lipinski definition) is 2. The van der Waals surface area contributed by atoms with E-state index in [0.29, 0.717) is 11.8 Å². The first-order chi connectivity index (χ1) is 8.70. The van der Waals surface area contributed by atoms with Crippen LogP contribution in [0, 0.1) is 5.92 Å². The largest absolute Gasteiger partial charge is 0.492 e. The van der Waals surface area contributed by atoms with Crippen LogP contribution in [0.2, 0.25) is 5.02 Å². The van der Waals surface area contributed by atoms with Crippen molar-refractivity contribution in [2.75, 3.05) is 19.7 Å². The van der Waals surface area contributed by atoms with Crippen LogP contribution in [-0.2, 0) is 0 Å². The predicted molar refractivity (Wildman–Crippen MR) is 76.6 cm³/mol. The van der Waals surface area contributed by atoms with Gasteiger partial charge in [-0.25, -0.2) is 0 Å². The van der Waals surface area contributed by atoms with Gasteiger partial charge in [0.1, 0.15) is 5.75 Å². The monoisotopic (exact) mass is 267 g/mol. The van der Waals surface area contributed by atoms with Gasteiger partial charge in [0.2, 0.25) is 0 Å². The molecule has 0 aromatic heterocycles. The molecule has 0 unspecified atom stereocenters. The van der Waals surface area contributed by atoms with E-state index >= 15 is 0 Å². The Kier molecular flexibility index (Phi) is 4.90. The van der Waals surface area contributed by atoms with Gasteiger partial charge in [-0.3, -0.25) is 0 Å². The Morgan fingerprint density at radius 1 is 1.50 bits per heavy atom. The quantitative estimate of drug-likeness (QED) is 0.875. The molecule has 2 atom stereocenters. The van der Waals surface area contributed by atoms with Crippen LogP contribution >= 0.6 is 11.6 Å². The number of ether oxygens (including phenoxy) is 1. The van der Waals surface area contributed by atoms with E-state index in [0.717, 1.165) is 36.9 Å². The van der Waals surface area contributed by atoms with Gasteiger partial charge < -0.3 is 10.1 Å². The molecule has 3 heteroatoms. The molecule has 1 N–H and O–H groups in total. The third kappa shape index (κ3) is 3.39. The van der Waals surface area contributed by atoms with Gasteiger partial charge in [-0.1, -0.05) is 31.5 Å². The molecule has 0 saturated carbocycles. The minimum absolute atomic E-state index is 0.551. The molecule has 0 amide bonds. The van der Waals surface area contributed by atoms with Gasteiger partial charge in [-0.2, -0.15) is 0 Å². The standard InChI is InChI=1S/C15H22ClNO/c1-3-11(2)13-4-5-15(14(16)8-13)18-10-12-6-7-17-9-12/h4-5,8,11-12,17H,3,6-7,9-10H2,1-2H3/t11-,12+/m0/s1. The fraction of sp³-hybridized carbons (Fsp3) is 0.600. The maximum absolute atomic E-state index is 6.28. The average molecular weight is 268 g/mol. The lowest BCUT2D eigenvalue weighted by Gasteiger charge is -2.14. The highest BCUT2D eigenvalue weighted by molar-refractivity contribution is 6.32. The van der Waals surface area contributed by atoms with Gasteiger partial charge >= 0.3 is 0 Å². The molecule has 1 aliphatic heterocycles. The molecule has 1 fully saturated rings. The maximum atomic E-state index is 6.28. The number of halogens is 1. The van der Waals surface area contributed by atoms with Gasteiger partial charge in [-0.05, 0) is 43.0 Å². The fourth-order valence-electron chi connectivity index (χ4n) is 2.24. The van der Waals surface area contributed by atoms with Crippen LogP contribution in [0.15, 0.2) is 18.2 Å². The molecule has 2 nitrogen and oxygen atoms in total. The van der Waals surface area contributed by atoms with E-state index in [9.17, 15) is 0 Å². The molecule has 1 saturated heterocycles. The summed E-state index contributed by atoms with van der Waals surface area (Å²) in [6, 6.07) is 6.17. The lowest BCUT2D eigenvalue weighted by atomic mass is 9.99. The van der Waals surface area contributed by atoms with Crippen molar-refractivity contribution in [3.63, 3.8) is 0 Å². The molecule has 1 aliphatic rings. The predicted octanol–water partition coefficient (Wildman–Crippen LogP) is 3.84. The van der Waals surface area contributed by atoms with Crippen molar-refractivity contribution in [3.05, 3.63) is 28.8 Å². The third-order valence-corrected chi connectivity index (χ3v) is 4.07. The molecule has 0 bridgehead atoms. The second-order valence-electron chi connectivity index (χ2n) is 5.17. The van der Waals surface area contributed by atoms with Gasteiger partial charge in [0, 0.05) is 12.5 Å². The van der Waals surface area contributed by atoms with Crippen molar-refractivity contribution in [1.82, 2.24) is 5.32 Å². The Morgan fingerprint density at radius 3 is 2.94 bits per heavy atom. The molecule has 2 rings (SSSR count). The number of nitrogens with one attached hydrogen (secondary N) is 1. The topological polar surface area (TPSA) is 21.3 Å². The van der Waals surface area contributed by atoms with Crippen molar-refractivity contribution in [2.24, 2.45) is 5.92 Å². The third-order valence-electron chi connectivity index (χ3n) is 3.77. The summed E-state index contributed by atoms with van der Waals surface area (Å²) in [5.74, 6) is 1.99. The van der Waals surface area contributed by atoms with Crippen LogP contribution in [0.5, 0.6) is 5.75 Å². The first kappa shape index (κ1) is 13.7. The average Bonchev–Trinajstić information content (AvgIpc) is 2.89. The van der Waals surface area contributed by atoms with Crippen molar-refractivity contribution in [3.8, 4) is 5.75 Å². The van der Waals surface area contributed by atoms with Gasteiger partial charge in [0.05, 0.1) is 11.6 Å². The zero-order chi connectivity index (χ0) is 13.0. The van der Waals surface area contributed by atoms with Crippen LogP contribution in [0.1, 0.15) is 38.2 Å². The zero-order valence-corrected chi connectivity index (χ0v) is 12.0. The fourth-order valence-corrected chi connectivity index (χ4v) is 2.48. The van der Waals surface area contributed by atoms with Crippen LogP contribution < -0.4 is 10.1 Å². The highest BCUT2D eigenvalue weighted by Crippen LogP contribution is 2.30. The van der Waals surface area contributed by atoms with Crippen LogP contribution in [0.25, 0.3) is 0 Å². The van der Waals surface area contributed by atoms with Crippen molar-refractivity contribution < 1.29 is 4.74 Å². The molecule has 0 radical (unpaired) electrons. The van der Waals surface area contributed by atoms with E-state index in [2.05, 4.69) is 25.2 Å². The van der Waals surface area contributed by atoms with E-state index in [-0.39, 0.29) is 0 Å². The summed E-state index contributed by atoms with van der Waals surface area (Å²) < 4.78 is 5.82. The van der Waals surface area contributed by atoms with Crippen LogP contribution in [0.3, 0.4) is 0 Å². The van der Waals surface area contributed by atoms with E-state index in [1.54, 1.807) is 0 Å². The molecule has 0 spiro atoms.